The molecule has 2 rings (SSSR count). The number of amides is 1. The molecule has 2 aromatic rings. The number of rotatable bonds is 8. The Balaban J connectivity index is 2.15. The third kappa shape index (κ3) is 4.20. The zero-order chi connectivity index (χ0) is 16.7. The molecule has 0 bridgehead atoms. The Morgan fingerprint density at radius 3 is 2.91 bits per heavy atom. The van der Waals surface area contributed by atoms with E-state index in [2.05, 4.69) is 11.9 Å². The van der Waals surface area contributed by atoms with E-state index >= 15 is 0 Å². The highest BCUT2D eigenvalue weighted by atomic mass is 16.5. The van der Waals surface area contributed by atoms with Crippen molar-refractivity contribution in [1.82, 2.24) is 9.88 Å². The maximum atomic E-state index is 12.3. The average molecular weight is 316 g/mol. The van der Waals surface area contributed by atoms with Crippen LogP contribution in [-0.2, 0) is 16.1 Å². The second-order valence-electron chi connectivity index (χ2n) is 4.91. The fourth-order valence-electron chi connectivity index (χ4n) is 2.18. The van der Waals surface area contributed by atoms with Crippen molar-refractivity contribution in [1.29, 1.82) is 0 Å². The van der Waals surface area contributed by atoms with Crippen LogP contribution in [0.15, 0.2) is 47.9 Å². The van der Waals surface area contributed by atoms with E-state index in [1.807, 2.05) is 0 Å². The minimum atomic E-state index is -0.237. The Bertz CT molecular complexity index is 752. The van der Waals surface area contributed by atoms with Crippen LogP contribution in [0.2, 0.25) is 0 Å². The Kier molecular flexibility index (Phi) is 5.94. The summed E-state index contributed by atoms with van der Waals surface area (Å²) in [7, 11) is 1.57. The van der Waals surface area contributed by atoms with Crippen LogP contribution in [0.4, 0.5) is 0 Å². The lowest BCUT2D eigenvalue weighted by Crippen LogP contribution is -2.31. The molecule has 0 unspecified atom stereocenters. The molecule has 1 aromatic carbocycles. The van der Waals surface area contributed by atoms with Gasteiger partial charge in [0.05, 0.1) is 12.0 Å². The number of carbonyl (C=O) groups excluding carboxylic acids is 1. The molecule has 0 spiro atoms. The maximum absolute atomic E-state index is 12.3. The summed E-state index contributed by atoms with van der Waals surface area (Å²) >= 11 is 0. The van der Waals surface area contributed by atoms with Gasteiger partial charge in [0.25, 0.3) is 11.5 Å². The highest BCUT2D eigenvalue weighted by molar-refractivity contribution is 5.88. The SMILES string of the molecule is C=CCn1ccc2c(OCC(=O)NCCOC)cccc2c1=O. The zero-order valence-electron chi connectivity index (χ0n) is 13.1. The van der Waals surface area contributed by atoms with Gasteiger partial charge in [-0.25, -0.2) is 0 Å². The summed E-state index contributed by atoms with van der Waals surface area (Å²) in [6.45, 7) is 4.85. The number of allylic oxidation sites excluding steroid dienone is 1. The standard InChI is InChI=1S/C17H20N2O4/c1-3-9-19-10-7-13-14(17(19)21)5-4-6-15(13)23-12-16(20)18-8-11-22-2/h3-7,10H,1,8-9,11-12H2,2H3,(H,18,20). The van der Waals surface area contributed by atoms with Crippen molar-refractivity contribution in [2.45, 2.75) is 6.54 Å². The lowest BCUT2D eigenvalue weighted by molar-refractivity contribution is -0.123. The van der Waals surface area contributed by atoms with E-state index < -0.39 is 0 Å². The van der Waals surface area contributed by atoms with Crippen molar-refractivity contribution in [3.05, 3.63) is 53.5 Å². The normalized spacial score (nSPS) is 10.5. The summed E-state index contributed by atoms with van der Waals surface area (Å²) in [6.07, 6.45) is 3.36. The van der Waals surface area contributed by atoms with Crippen LogP contribution in [0.25, 0.3) is 10.8 Å². The van der Waals surface area contributed by atoms with Crippen LogP contribution >= 0.6 is 0 Å². The van der Waals surface area contributed by atoms with Gasteiger partial charge in [0.15, 0.2) is 6.61 Å². The first kappa shape index (κ1) is 16.8. The van der Waals surface area contributed by atoms with Crippen molar-refractivity contribution in [2.24, 2.45) is 0 Å². The number of nitrogens with zero attached hydrogens (tertiary/aromatic N) is 1. The van der Waals surface area contributed by atoms with Crippen LogP contribution in [0.1, 0.15) is 0 Å². The number of methoxy groups -OCH3 is 1. The second-order valence-corrected chi connectivity index (χ2v) is 4.91. The molecule has 23 heavy (non-hydrogen) atoms. The molecule has 0 atom stereocenters. The van der Waals surface area contributed by atoms with Crippen LogP contribution in [0.5, 0.6) is 5.75 Å². The number of hydrogen-bond donors (Lipinski definition) is 1. The molecular weight excluding hydrogens is 296 g/mol. The number of pyridine rings is 1. The Morgan fingerprint density at radius 1 is 1.35 bits per heavy atom. The van der Waals surface area contributed by atoms with Gasteiger partial charge in [-0.3, -0.25) is 9.59 Å². The molecule has 0 radical (unpaired) electrons. The number of fused-ring (bicyclic) bond motifs is 1. The molecular formula is C17H20N2O4. The predicted octanol–water partition coefficient (Wildman–Crippen LogP) is 1.33. The van der Waals surface area contributed by atoms with Gasteiger partial charge in [-0.1, -0.05) is 12.1 Å². The van der Waals surface area contributed by atoms with E-state index in [0.29, 0.717) is 36.2 Å². The fraction of sp³-hybridized carbons (Fsp3) is 0.294. The summed E-state index contributed by atoms with van der Waals surface area (Å²) < 4.78 is 12.0. The number of ether oxygens (including phenoxy) is 2. The van der Waals surface area contributed by atoms with Crippen molar-refractivity contribution in [3.63, 3.8) is 0 Å². The topological polar surface area (TPSA) is 69.6 Å². The van der Waals surface area contributed by atoms with Crippen LogP contribution < -0.4 is 15.6 Å². The molecule has 6 heteroatoms. The Morgan fingerprint density at radius 2 is 2.17 bits per heavy atom. The quantitative estimate of drug-likeness (QED) is 0.589. The highest BCUT2D eigenvalue weighted by Gasteiger charge is 2.08. The largest absolute Gasteiger partial charge is 0.483 e. The van der Waals surface area contributed by atoms with E-state index in [9.17, 15) is 9.59 Å². The molecule has 1 heterocycles. The van der Waals surface area contributed by atoms with Gasteiger partial charge in [0.2, 0.25) is 0 Å². The molecule has 122 valence electrons. The lowest BCUT2D eigenvalue weighted by atomic mass is 10.1. The monoisotopic (exact) mass is 316 g/mol. The highest BCUT2D eigenvalue weighted by Crippen LogP contribution is 2.22. The third-order valence-corrected chi connectivity index (χ3v) is 3.29. The summed E-state index contributed by atoms with van der Waals surface area (Å²) in [5.41, 5.74) is -0.114. The first-order chi connectivity index (χ1) is 11.2. The van der Waals surface area contributed by atoms with Crippen molar-refractivity contribution < 1.29 is 14.3 Å². The van der Waals surface area contributed by atoms with Crippen molar-refractivity contribution in [2.75, 3.05) is 26.9 Å². The minimum Gasteiger partial charge on any atom is -0.483 e. The number of carbonyl (C=O) groups is 1. The molecule has 0 aliphatic carbocycles. The Labute approximate surface area is 134 Å². The van der Waals surface area contributed by atoms with Gasteiger partial charge in [-0.05, 0) is 18.2 Å². The van der Waals surface area contributed by atoms with E-state index in [-0.39, 0.29) is 18.1 Å². The van der Waals surface area contributed by atoms with Crippen LogP contribution in [0.3, 0.4) is 0 Å². The second kappa shape index (κ2) is 8.14. The first-order valence-electron chi connectivity index (χ1n) is 7.29. The smallest absolute Gasteiger partial charge is 0.258 e. The minimum absolute atomic E-state index is 0.113. The molecule has 1 amide bonds. The predicted molar refractivity (Wildman–Crippen MR) is 88.8 cm³/mol. The molecule has 0 fully saturated rings. The Hall–Kier alpha value is -2.60. The molecule has 6 nitrogen and oxygen atoms in total. The van der Waals surface area contributed by atoms with Gasteiger partial charge >= 0.3 is 0 Å². The number of aromatic nitrogens is 1. The summed E-state index contributed by atoms with van der Waals surface area (Å²) in [6, 6.07) is 7.02. The molecule has 0 aliphatic heterocycles. The van der Waals surface area contributed by atoms with Crippen LogP contribution in [0, 0.1) is 0 Å². The number of nitrogens with one attached hydrogen (secondary N) is 1. The number of benzene rings is 1. The van der Waals surface area contributed by atoms with Crippen molar-refractivity contribution >= 4 is 16.7 Å². The summed E-state index contributed by atoms with van der Waals surface area (Å²) in [5, 5.41) is 3.90. The third-order valence-electron chi connectivity index (χ3n) is 3.29. The first-order valence-corrected chi connectivity index (χ1v) is 7.29. The summed E-state index contributed by atoms with van der Waals surface area (Å²) in [4.78, 5) is 24.0. The van der Waals surface area contributed by atoms with E-state index in [0.717, 1.165) is 0 Å². The molecule has 0 aliphatic rings. The zero-order valence-corrected chi connectivity index (χ0v) is 13.1. The van der Waals surface area contributed by atoms with E-state index in [1.54, 1.807) is 48.2 Å². The molecule has 0 saturated heterocycles. The summed E-state index contributed by atoms with van der Waals surface area (Å²) in [5.74, 6) is 0.270. The molecule has 0 saturated carbocycles. The van der Waals surface area contributed by atoms with Gasteiger partial charge in [0, 0.05) is 31.8 Å². The average Bonchev–Trinajstić information content (AvgIpc) is 2.56. The lowest BCUT2D eigenvalue weighted by Gasteiger charge is -2.11. The fourth-order valence-corrected chi connectivity index (χ4v) is 2.18. The molecule has 1 aromatic heterocycles. The van der Waals surface area contributed by atoms with Gasteiger partial charge in [-0.15, -0.1) is 6.58 Å². The van der Waals surface area contributed by atoms with E-state index in [4.69, 9.17) is 9.47 Å². The maximum Gasteiger partial charge on any atom is 0.258 e. The van der Waals surface area contributed by atoms with E-state index in [1.165, 1.54) is 0 Å². The van der Waals surface area contributed by atoms with Gasteiger partial charge in [-0.2, -0.15) is 0 Å². The van der Waals surface area contributed by atoms with Gasteiger partial charge < -0.3 is 19.4 Å². The molecule has 1 N–H and O–H groups in total. The number of hydrogen-bond acceptors (Lipinski definition) is 4. The van der Waals surface area contributed by atoms with Crippen LogP contribution in [-0.4, -0.2) is 37.3 Å². The van der Waals surface area contributed by atoms with Crippen molar-refractivity contribution in [3.8, 4) is 5.75 Å². The van der Waals surface area contributed by atoms with Gasteiger partial charge in [0.1, 0.15) is 5.75 Å².